The maximum absolute atomic E-state index is 11.8. The zero-order valence-electron chi connectivity index (χ0n) is 15.2. The van der Waals surface area contributed by atoms with Crippen LogP contribution >= 0.6 is 0 Å². The fourth-order valence-electron chi connectivity index (χ4n) is 2.88. The zero-order chi connectivity index (χ0) is 18.2. The average Bonchev–Trinajstić information content (AvgIpc) is 3.11. The molecule has 1 aliphatic heterocycles. The monoisotopic (exact) mass is 354 g/mol. The number of hydrogen-bond donors (Lipinski definition) is 2. The lowest BCUT2D eigenvalue weighted by Crippen LogP contribution is -2.37. The van der Waals surface area contributed by atoms with Crippen LogP contribution in [-0.2, 0) is 12.8 Å². The molecule has 0 unspecified atom stereocenters. The molecule has 2 aromatic carbocycles. The molecule has 1 heterocycles. The number of fused-ring (bicyclic) bond motifs is 1. The first-order valence-corrected chi connectivity index (χ1v) is 9.16. The van der Waals surface area contributed by atoms with Crippen LogP contribution in [0.3, 0.4) is 0 Å². The normalized spacial score (nSPS) is 12.2. The van der Waals surface area contributed by atoms with Crippen LogP contribution in [0.2, 0.25) is 0 Å². The first-order valence-electron chi connectivity index (χ1n) is 9.16. The van der Waals surface area contributed by atoms with Crippen molar-refractivity contribution in [3.63, 3.8) is 0 Å². The third-order valence-electron chi connectivity index (χ3n) is 4.35. The molecule has 2 N–H and O–H groups in total. The summed E-state index contributed by atoms with van der Waals surface area (Å²) in [5.41, 5.74) is 3.70. The fraction of sp³-hybridized carbons (Fsp3) is 0.381. The predicted octanol–water partition coefficient (Wildman–Crippen LogP) is 3.24. The van der Waals surface area contributed by atoms with Gasteiger partial charge in [-0.15, -0.1) is 0 Å². The Hall–Kier alpha value is -2.69. The van der Waals surface area contributed by atoms with Gasteiger partial charge in [-0.25, -0.2) is 4.79 Å². The van der Waals surface area contributed by atoms with Crippen LogP contribution < -0.4 is 20.1 Å². The van der Waals surface area contributed by atoms with Crippen molar-refractivity contribution in [2.45, 2.75) is 26.2 Å². The van der Waals surface area contributed by atoms with E-state index in [1.54, 1.807) is 0 Å². The van der Waals surface area contributed by atoms with E-state index in [0.717, 1.165) is 37.4 Å². The molecule has 0 atom stereocenters. The van der Waals surface area contributed by atoms with Gasteiger partial charge in [0.1, 0.15) is 11.5 Å². The molecule has 0 radical (unpaired) electrons. The topological polar surface area (TPSA) is 59.6 Å². The maximum Gasteiger partial charge on any atom is 0.314 e. The van der Waals surface area contributed by atoms with E-state index in [9.17, 15) is 4.79 Å². The molecular formula is C21H26N2O3. The molecule has 0 aliphatic carbocycles. The number of aryl methyl sites for hydroxylation is 1. The van der Waals surface area contributed by atoms with Gasteiger partial charge in [-0.05, 0) is 49.1 Å². The summed E-state index contributed by atoms with van der Waals surface area (Å²) in [5.74, 6) is 1.85. The molecule has 3 rings (SSSR count). The van der Waals surface area contributed by atoms with E-state index >= 15 is 0 Å². The van der Waals surface area contributed by atoms with Crippen LogP contribution in [0.15, 0.2) is 42.5 Å². The highest BCUT2D eigenvalue weighted by Gasteiger charge is 2.11. The van der Waals surface area contributed by atoms with Crippen molar-refractivity contribution in [3.8, 4) is 11.5 Å². The fourth-order valence-corrected chi connectivity index (χ4v) is 2.88. The lowest BCUT2D eigenvalue weighted by atomic mass is 10.1. The Morgan fingerprint density at radius 2 is 1.92 bits per heavy atom. The molecular weight excluding hydrogens is 328 g/mol. The lowest BCUT2D eigenvalue weighted by Gasteiger charge is -2.09. The van der Waals surface area contributed by atoms with Crippen molar-refractivity contribution in [2.75, 3.05) is 26.3 Å². The summed E-state index contributed by atoms with van der Waals surface area (Å²) >= 11 is 0. The van der Waals surface area contributed by atoms with Crippen molar-refractivity contribution in [3.05, 3.63) is 59.2 Å². The third-order valence-corrected chi connectivity index (χ3v) is 4.35. The van der Waals surface area contributed by atoms with E-state index in [-0.39, 0.29) is 6.03 Å². The first-order chi connectivity index (χ1) is 12.7. The van der Waals surface area contributed by atoms with E-state index in [0.29, 0.717) is 19.7 Å². The standard InChI is InChI=1S/C21H26N2O3/c1-16-3-6-19(7-4-16)25-13-2-11-22-21(24)23-12-9-17-5-8-20-18(15-17)10-14-26-20/h3-8,15H,2,9-14H2,1H3,(H2,22,23,24). The summed E-state index contributed by atoms with van der Waals surface area (Å²) in [6.45, 7) is 4.61. The number of carbonyl (C=O) groups excluding carboxylic acids is 1. The van der Waals surface area contributed by atoms with Crippen LogP contribution in [0.25, 0.3) is 0 Å². The van der Waals surface area contributed by atoms with E-state index in [1.165, 1.54) is 16.7 Å². The minimum Gasteiger partial charge on any atom is -0.494 e. The Morgan fingerprint density at radius 3 is 2.77 bits per heavy atom. The van der Waals surface area contributed by atoms with Gasteiger partial charge in [-0.3, -0.25) is 0 Å². The summed E-state index contributed by atoms with van der Waals surface area (Å²) < 4.78 is 11.1. The molecule has 0 aromatic heterocycles. The van der Waals surface area contributed by atoms with Crippen LogP contribution in [0.4, 0.5) is 4.79 Å². The molecule has 0 spiro atoms. The van der Waals surface area contributed by atoms with Crippen molar-refractivity contribution in [2.24, 2.45) is 0 Å². The number of carbonyl (C=O) groups is 1. The predicted molar refractivity (Wildman–Crippen MR) is 102 cm³/mol. The highest BCUT2D eigenvalue weighted by atomic mass is 16.5. The number of amides is 2. The van der Waals surface area contributed by atoms with Crippen molar-refractivity contribution in [1.29, 1.82) is 0 Å². The minimum atomic E-state index is -0.134. The summed E-state index contributed by atoms with van der Waals surface area (Å²) in [7, 11) is 0. The molecule has 5 heteroatoms. The first kappa shape index (κ1) is 18.1. The van der Waals surface area contributed by atoms with Crippen molar-refractivity contribution < 1.29 is 14.3 Å². The number of rotatable bonds is 8. The maximum atomic E-state index is 11.8. The third kappa shape index (κ3) is 5.41. The van der Waals surface area contributed by atoms with E-state index in [4.69, 9.17) is 9.47 Å². The largest absolute Gasteiger partial charge is 0.494 e. The number of nitrogens with one attached hydrogen (secondary N) is 2. The highest BCUT2D eigenvalue weighted by molar-refractivity contribution is 5.73. The Bertz CT molecular complexity index is 729. The Morgan fingerprint density at radius 1 is 1.12 bits per heavy atom. The van der Waals surface area contributed by atoms with E-state index in [2.05, 4.69) is 22.8 Å². The number of ether oxygens (including phenoxy) is 2. The smallest absolute Gasteiger partial charge is 0.314 e. The molecule has 0 fully saturated rings. The molecule has 5 nitrogen and oxygen atoms in total. The number of hydrogen-bond acceptors (Lipinski definition) is 3. The van der Waals surface area contributed by atoms with Gasteiger partial charge in [-0.1, -0.05) is 29.8 Å². The summed E-state index contributed by atoms with van der Waals surface area (Å²) in [6, 6.07) is 14.1. The average molecular weight is 354 g/mol. The van der Waals surface area contributed by atoms with E-state index < -0.39 is 0 Å². The van der Waals surface area contributed by atoms with Gasteiger partial charge in [0.05, 0.1) is 13.2 Å². The van der Waals surface area contributed by atoms with Gasteiger partial charge >= 0.3 is 6.03 Å². The Labute approximate surface area is 154 Å². The van der Waals surface area contributed by atoms with Gasteiger partial charge in [0.25, 0.3) is 0 Å². The molecule has 2 aromatic rings. The summed E-state index contributed by atoms with van der Waals surface area (Å²) in [4.78, 5) is 11.8. The highest BCUT2D eigenvalue weighted by Crippen LogP contribution is 2.25. The van der Waals surface area contributed by atoms with Gasteiger partial charge < -0.3 is 20.1 Å². The second-order valence-corrected chi connectivity index (χ2v) is 6.49. The molecule has 2 amide bonds. The second kappa shape index (κ2) is 9.13. The Balaban J connectivity index is 1.25. The quantitative estimate of drug-likeness (QED) is 0.716. The number of benzene rings is 2. The molecule has 138 valence electrons. The second-order valence-electron chi connectivity index (χ2n) is 6.49. The molecule has 0 saturated carbocycles. The van der Waals surface area contributed by atoms with Gasteiger partial charge in [0, 0.05) is 19.5 Å². The molecule has 0 saturated heterocycles. The molecule has 0 bridgehead atoms. The van der Waals surface area contributed by atoms with Crippen LogP contribution in [0.1, 0.15) is 23.1 Å². The summed E-state index contributed by atoms with van der Waals surface area (Å²) in [6.07, 6.45) is 2.56. The zero-order valence-corrected chi connectivity index (χ0v) is 15.2. The van der Waals surface area contributed by atoms with Gasteiger partial charge in [0.2, 0.25) is 0 Å². The molecule has 1 aliphatic rings. The van der Waals surface area contributed by atoms with Crippen LogP contribution in [-0.4, -0.2) is 32.3 Å². The Kier molecular flexibility index (Phi) is 6.36. The van der Waals surface area contributed by atoms with Crippen LogP contribution in [0.5, 0.6) is 11.5 Å². The van der Waals surface area contributed by atoms with Gasteiger partial charge in [-0.2, -0.15) is 0 Å². The van der Waals surface area contributed by atoms with E-state index in [1.807, 2.05) is 37.3 Å². The SMILES string of the molecule is Cc1ccc(OCCCNC(=O)NCCc2ccc3c(c2)CCO3)cc1. The summed E-state index contributed by atoms with van der Waals surface area (Å²) in [5, 5.41) is 5.75. The number of urea groups is 1. The minimum absolute atomic E-state index is 0.134. The van der Waals surface area contributed by atoms with Gasteiger partial charge in [0.15, 0.2) is 0 Å². The lowest BCUT2D eigenvalue weighted by molar-refractivity contribution is 0.239. The van der Waals surface area contributed by atoms with Crippen molar-refractivity contribution in [1.82, 2.24) is 10.6 Å². The van der Waals surface area contributed by atoms with Crippen molar-refractivity contribution >= 4 is 6.03 Å². The molecule has 26 heavy (non-hydrogen) atoms. The van der Waals surface area contributed by atoms with Crippen LogP contribution in [0, 0.1) is 6.92 Å².